The third-order valence-electron chi connectivity index (χ3n) is 8.98. The fraction of sp³-hybridized carbons (Fsp3) is 0.767. The van der Waals surface area contributed by atoms with E-state index in [1.54, 1.807) is 27.6 Å². The molecule has 0 aromatic heterocycles. The van der Waals surface area contributed by atoms with Gasteiger partial charge in [-0.05, 0) is 65.7 Å². The molecular weight excluding hydrogens is 500 g/mol. The number of aliphatic hydroxyl groups excluding tert-OH is 1. The van der Waals surface area contributed by atoms with Crippen molar-refractivity contribution >= 4 is 29.5 Å². The molecule has 7 nitrogen and oxygen atoms in total. The van der Waals surface area contributed by atoms with E-state index in [4.69, 9.17) is 4.74 Å². The first-order valence-electron chi connectivity index (χ1n) is 14.2. The van der Waals surface area contributed by atoms with Gasteiger partial charge in [0.15, 0.2) is 0 Å². The predicted molar refractivity (Wildman–Crippen MR) is 153 cm³/mol. The Morgan fingerprint density at radius 1 is 1.26 bits per heavy atom. The second-order valence-corrected chi connectivity index (χ2v) is 14.4. The number of allylic oxidation sites excluding steroid dienone is 1. The van der Waals surface area contributed by atoms with Crippen molar-refractivity contribution in [3.8, 4) is 0 Å². The number of carbonyl (C=O) groups excluding carboxylic acids is 3. The lowest BCUT2D eigenvalue weighted by Gasteiger charge is -2.44. The molecule has 2 amide bonds. The van der Waals surface area contributed by atoms with Crippen molar-refractivity contribution < 1.29 is 24.2 Å². The zero-order valence-electron chi connectivity index (χ0n) is 24.2. The van der Waals surface area contributed by atoms with Crippen LogP contribution in [0.4, 0.5) is 0 Å². The van der Waals surface area contributed by atoms with E-state index in [9.17, 15) is 19.5 Å². The molecule has 2 unspecified atom stereocenters. The van der Waals surface area contributed by atoms with Gasteiger partial charge in [0, 0.05) is 16.8 Å². The molecule has 38 heavy (non-hydrogen) atoms. The van der Waals surface area contributed by atoms with Gasteiger partial charge in [0.2, 0.25) is 11.8 Å². The first-order chi connectivity index (χ1) is 17.8. The summed E-state index contributed by atoms with van der Waals surface area (Å²) in [5, 5.41) is 10.5. The third-order valence-corrected chi connectivity index (χ3v) is 11.0. The van der Waals surface area contributed by atoms with E-state index in [2.05, 4.69) is 20.1 Å². The third kappa shape index (κ3) is 5.19. The molecule has 3 aliphatic rings. The van der Waals surface area contributed by atoms with Crippen LogP contribution in [0.15, 0.2) is 25.3 Å². The topological polar surface area (TPSA) is 87.1 Å². The quantitative estimate of drug-likeness (QED) is 0.206. The van der Waals surface area contributed by atoms with Gasteiger partial charge in [-0.2, -0.15) is 0 Å². The summed E-state index contributed by atoms with van der Waals surface area (Å²) in [6, 6.07) is -1.27. The number of hydrogen-bond donors (Lipinski definition) is 1. The summed E-state index contributed by atoms with van der Waals surface area (Å²) in [7, 11) is 0. The maximum Gasteiger partial charge on any atom is 0.311 e. The molecule has 3 heterocycles. The molecule has 0 aromatic carbocycles. The Kier molecular flexibility index (Phi) is 9.50. The molecule has 2 bridgehead atoms. The summed E-state index contributed by atoms with van der Waals surface area (Å²) < 4.78 is 4.55. The molecule has 214 valence electrons. The molecule has 7 atom stereocenters. The number of carbonyl (C=O) groups is 3. The molecule has 3 aliphatic heterocycles. The summed E-state index contributed by atoms with van der Waals surface area (Å²) in [6.07, 6.45) is 8.23. The molecule has 3 saturated heterocycles. The minimum atomic E-state index is -0.762. The highest BCUT2D eigenvalue weighted by molar-refractivity contribution is 8.02. The molecule has 8 heteroatoms. The number of likely N-dealkylation sites (tertiary alicyclic amines) is 1. The van der Waals surface area contributed by atoms with Gasteiger partial charge in [0.1, 0.15) is 6.04 Å². The number of nitrogens with zero attached hydrogens (tertiary/aromatic N) is 2. The Bertz CT molecular complexity index is 932. The molecule has 3 rings (SSSR count). The van der Waals surface area contributed by atoms with Crippen molar-refractivity contribution in [2.75, 3.05) is 19.8 Å². The van der Waals surface area contributed by atoms with Crippen molar-refractivity contribution in [1.29, 1.82) is 0 Å². The Balaban J connectivity index is 2.07. The first-order valence-corrected chi connectivity index (χ1v) is 15.0. The number of esters is 1. The molecule has 0 radical (unpaired) electrons. The number of thioether (sulfide) groups is 1. The van der Waals surface area contributed by atoms with E-state index in [-0.39, 0.29) is 30.3 Å². The van der Waals surface area contributed by atoms with E-state index in [1.807, 2.05) is 40.7 Å². The zero-order chi connectivity index (χ0) is 28.5. The van der Waals surface area contributed by atoms with Gasteiger partial charge in [-0.25, -0.2) is 0 Å². The lowest BCUT2D eigenvalue weighted by molar-refractivity contribution is -0.156. The highest BCUT2D eigenvalue weighted by atomic mass is 32.2. The molecule has 0 aliphatic carbocycles. The van der Waals surface area contributed by atoms with E-state index >= 15 is 0 Å². The van der Waals surface area contributed by atoms with Gasteiger partial charge in [0.25, 0.3) is 0 Å². The summed E-state index contributed by atoms with van der Waals surface area (Å²) in [4.78, 5) is 46.0. The second kappa shape index (κ2) is 11.7. The minimum absolute atomic E-state index is 0.00924. The van der Waals surface area contributed by atoms with Crippen LogP contribution in [-0.2, 0) is 19.1 Å². The first kappa shape index (κ1) is 30.7. The number of rotatable bonds is 13. The van der Waals surface area contributed by atoms with Gasteiger partial charge >= 0.3 is 5.97 Å². The molecule has 1 spiro atoms. The standard InChI is InChI=1S/C30H48N2O5S/c1-9-12-13-14-18-37-27(36)23-22-25(34)32(21(19-33)20(4)11-3)24(30(22)16-15-29(23,8)38-30)26(35)31(17-10-2)28(5,6)7/h9-10,20-24,33H,1-2,11-19H2,3-8H3/t20-,21-,22-,23-,24?,29+,30?/m0/s1. The lowest BCUT2D eigenvalue weighted by Crippen LogP contribution is -2.61. The van der Waals surface area contributed by atoms with Crippen LogP contribution in [0.3, 0.4) is 0 Å². The predicted octanol–water partition coefficient (Wildman–Crippen LogP) is 4.59. The molecule has 0 saturated carbocycles. The maximum atomic E-state index is 14.5. The molecule has 3 fully saturated rings. The highest BCUT2D eigenvalue weighted by Gasteiger charge is 2.78. The van der Waals surface area contributed by atoms with Crippen LogP contribution in [0, 0.1) is 17.8 Å². The summed E-state index contributed by atoms with van der Waals surface area (Å²) in [6.45, 7) is 20.1. The number of fused-ring (bicyclic) bond motifs is 1. The Labute approximate surface area is 233 Å². The number of amides is 2. The van der Waals surface area contributed by atoms with E-state index < -0.39 is 39.0 Å². The number of unbranched alkanes of at least 4 members (excludes halogenated alkanes) is 2. The Morgan fingerprint density at radius 2 is 1.95 bits per heavy atom. The minimum Gasteiger partial charge on any atom is -0.465 e. The van der Waals surface area contributed by atoms with Gasteiger partial charge in [-0.15, -0.1) is 24.9 Å². The smallest absolute Gasteiger partial charge is 0.311 e. The normalized spacial score (nSPS) is 31.6. The fourth-order valence-corrected chi connectivity index (χ4v) is 9.12. The highest BCUT2D eigenvalue weighted by Crippen LogP contribution is 2.72. The molecular formula is C30H48N2O5S. The number of ether oxygens (including phenoxy) is 1. The van der Waals surface area contributed by atoms with E-state index in [0.29, 0.717) is 19.6 Å². The largest absolute Gasteiger partial charge is 0.465 e. The van der Waals surface area contributed by atoms with Gasteiger partial charge in [-0.1, -0.05) is 32.4 Å². The van der Waals surface area contributed by atoms with Crippen LogP contribution in [-0.4, -0.2) is 79.6 Å². The van der Waals surface area contributed by atoms with Crippen LogP contribution in [0.1, 0.15) is 80.1 Å². The maximum absolute atomic E-state index is 14.5. The van der Waals surface area contributed by atoms with Crippen molar-refractivity contribution in [2.45, 2.75) is 107 Å². The summed E-state index contributed by atoms with van der Waals surface area (Å²) in [5.41, 5.74) is -0.491. The molecule has 0 aromatic rings. The average molecular weight is 549 g/mol. The van der Waals surface area contributed by atoms with Crippen molar-refractivity contribution in [3.05, 3.63) is 25.3 Å². The van der Waals surface area contributed by atoms with Gasteiger partial charge in [0.05, 0.1) is 35.8 Å². The van der Waals surface area contributed by atoms with Crippen LogP contribution in [0.2, 0.25) is 0 Å². The van der Waals surface area contributed by atoms with E-state index in [1.165, 1.54) is 0 Å². The second-order valence-electron chi connectivity index (χ2n) is 12.5. The van der Waals surface area contributed by atoms with Crippen LogP contribution >= 0.6 is 11.8 Å². The van der Waals surface area contributed by atoms with Crippen molar-refractivity contribution in [1.82, 2.24) is 9.80 Å². The summed E-state index contributed by atoms with van der Waals surface area (Å²) in [5.74, 6) is -1.94. The lowest BCUT2D eigenvalue weighted by atomic mass is 9.66. The van der Waals surface area contributed by atoms with Gasteiger partial charge in [-0.3, -0.25) is 14.4 Å². The Hall–Kier alpha value is -1.80. The Morgan fingerprint density at radius 3 is 2.50 bits per heavy atom. The number of hydrogen-bond acceptors (Lipinski definition) is 6. The zero-order valence-corrected chi connectivity index (χ0v) is 25.0. The van der Waals surface area contributed by atoms with Crippen LogP contribution in [0.25, 0.3) is 0 Å². The van der Waals surface area contributed by atoms with Crippen molar-refractivity contribution in [2.24, 2.45) is 17.8 Å². The van der Waals surface area contributed by atoms with Crippen LogP contribution in [0.5, 0.6) is 0 Å². The summed E-state index contributed by atoms with van der Waals surface area (Å²) >= 11 is 1.64. The average Bonchev–Trinajstić information content (AvgIpc) is 3.42. The monoisotopic (exact) mass is 548 g/mol. The van der Waals surface area contributed by atoms with Crippen molar-refractivity contribution in [3.63, 3.8) is 0 Å². The SMILES string of the molecule is C=CCCCCOC(=O)[C@@H]1[C@H]2C(=O)N([C@@H](CO)[C@@H](C)CC)C(C(=O)N(CC=C)C(C)(C)C)C23CC[C@@]1(C)S3. The number of aliphatic hydroxyl groups is 1. The fourth-order valence-electron chi connectivity index (χ4n) is 6.80. The van der Waals surface area contributed by atoms with Gasteiger partial charge < -0.3 is 19.6 Å². The van der Waals surface area contributed by atoms with Crippen LogP contribution < -0.4 is 0 Å². The van der Waals surface area contributed by atoms with E-state index in [0.717, 1.165) is 32.1 Å². The molecule has 1 N–H and O–H groups in total.